The normalized spacial score (nSPS) is 12.2. The summed E-state index contributed by atoms with van der Waals surface area (Å²) in [4.78, 5) is 29.8. The molecule has 1 aliphatic rings. The van der Waals surface area contributed by atoms with E-state index in [1.165, 1.54) is 6.21 Å². The third-order valence-electron chi connectivity index (χ3n) is 6.80. The molecule has 1 aliphatic heterocycles. The average molecular weight is 689 g/mol. The van der Waals surface area contributed by atoms with E-state index in [2.05, 4.69) is 54.3 Å². The number of fused-ring (bicyclic) bond motifs is 2. The maximum atomic E-state index is 13.5. The van der Waals surface area contributed by atoms with Gasteiger partial charge in [0.05, 0.1) is 16.3 Å². The van der Waals surface area contributed by atoms with Crippen molar-refractivity contribution in [3.05, 3.63) is 110 Å². The zero-order chi connectivity index (χ0) is 29.2. The zero-order valence-electron chi connectivity index (χ0n) is 22.2. The lowest BCUT2D eigenvalue weighted by Crippen LogP contribution is -2.19. The van der Waals surface area contributed by atoms with Gasteiger partial charge in [-0.2, -0.15) is 5.10 Å². The molecule has 210 valence electrons. The molecule has 0 aliphatic carbocycles. The van der Waals surface area contributed by atoms with Crippen LogP contribution in [0, 0.1) is 0 Å². The third kappa shape index (κ3) is 5.43. The number of benzene rings is 4. The molecule has 10 heteroatoms. The second-order valence-corrected chi connectivity index (χ2v) is 11.2. The van der Waals surface area contributed by atoms with Crippen LogP contribution in [0.15, 0.2) is 92.9 Å². The monoisotopic (exact) mass is 687 g/mol. The van der Waals surface area contributed by atoms with Crippen LogP contribution < -0.4 is 19.6 Å². The molecule has 1 amide bonds. The van der Waals surface area contributed by atoms with Crippen molar-refractivity contribution in [2.75, 3.05) is 6.79 Å². The summed E-state index contributed by atoms with van der Waals surface area (Å²) in [7, 11) is 0. The highest BCUT2D eigenvalue weighted by molar-refractivity contribution is 9.11. The number of para-hydroxylation sites is 1. The number of nitrogens with zero attached hydrogens (tertiary/aromatic N) is 1. The second-order valence-electron chi connectivity index (χ2n) is 9.40. The first kappa shape index (κ1) is 27.7. The number of carbonyl (C=O) groups is 2. The Hall–Kier alpha value is -4.41. The number of aromatic nitrogens is 1. The van der Waals surface area contributed by atoms with E-state index >= 15 is 0 Å². The van der Waals surface area contributed by atoms with E-state index < -0.39 is 11.9 Å². The molecule has 0 atom stereocenters. The summed E-state index contributed by atoms with van der Waals surface area (Å²) in [6, 6.07) is 24.1. The number of aromatic amines is 1. The summed E-state index contributed by atoms with van der Waals surface area (Å²) >= 11 is 6.93. The Morgan fingerprint density at radius 3 is 2.62 bits per heavy atom. The smallest absolute Gasteiger partial charge is 0.343 e. The maximum absolute atomic E-state index is 13.5. The first-order valence-corrected chi connectivity index (χ1v) is 14.6. The quantitative estimate of drug-likeness (QED) is 0.0792. The molecule has 2 N–H and O–H groups in total. The molecule has 4 aromatic carbocycles. The predicted molar refractivity (Wildman–Crippen MR) is 168 cm³/mol. The van der Waals surface area contributed by atoms with Crippen LogP contribution >= 0.6 is 31.9 Å². The Labute approximate surface area is 257 Å². The van der Waals surface area contributed by atoms with Crippen molar-refractivity contribution in [1.82, 2.24) is 10.4 Å². The highest BCUT2D eigenvalue weighted by Crippen LogP contribution is 2.36. The molecule has 5 aromatic rings. The summed E-state index contributed by atoms with van der Waals surface area (Å²) < 4.78 is 17.7. The molecule has 0 spiro atoms. The topological polar surface area (TPSA) is 102 Å². The van der Waals surface area contributed by atoms with Gasteiger partial charge < -0.3 is 19.2 Å². The number of rotatable bonds is 7. The van der Waals surface area contributed by atoms with Crippen molar-refractivity contribution in [2.45, 2.75) is 13.3 Å². The van der Waals surface area contributed by atoms with E-state index in [1.807, 2.05) is 48.5 Å². The number of carbonyl (C=O) groups excluding carboxylic acids is 2. The highest BCUT2D eigenvalue weighted by Gasteiger charge is 2.22. The fourth-order valence-electron chi connectivity index (χ4n) is 4.82. The van der Waals surface area contributed by atoms with Gasteiger partial charge in [-0.1, -0.05) is 71.4 Å². The van der Waals surface area contributed by atoms with Gasteiger partial charge >= 0.3 is 5.97 Å². The van der Waals surface area contributed by atoms with Crippen LogP contribution in [0.1, 0.15) is 38.9 Å². The minimum atomic E-state index is -0.590. The zero-order valence-corrected chi connectivity index (χ0v) is 25.4. The molecule has 42 heavy (non-hydrogen) atoms. The molecule has 0 fully saturated rings. The van der Waals surface area contributed by atoms with Gasteiger partial charge in [0.1, 0.15) is 5.69 Å². The molecule has 8 nitrogen and oxygen atoms in total. The second kappa shape index (κ2) is 11.8. The minimum Gasteiger partial charge on any atom is -0.454 e. The fraction of sp³-hybridized carbons (Fsp3) is 0.0938. The lowest BCUT2D eigenvalue weighted by atomic mass is 10.00. The van der Waals surface area contributed by atoms with Crippen molar-refractivity contribution in [1.29, 1.82) is 0 Å². The standard InChI is InChI=1S/C32H23Br2N3O5/c1-2-18-9-6-10-23-27(19-7-4-3-5-8-19)29(36-28(18)23)31(38)37-35-16-21-13-22(33)15-24(34)30(21)42-32(39)20-11-12-25-26(14-20)41-17-40-25/h3-16,36H,2,17H2,1H3,(H,37,38). The van der Waals surface area contributed by atoms with Crippen LogP contribution in [-0.2, 0) is 6.42 Å². The molecule has 0 unspecified atom stereocenters. The number of esters is 1. The van der Waals surface area contributed by atoms with Crippen LogP contribution in [0.5, 0.6) is 17.2 Å². The van der Waals surface area contributed by atoms with Gasteiger partial charge in [0, 0.05) is 26.5 Å². The van der Waals surface area contributed by atoms with Crippen LogP contribution in [0.3, 0.4) is 0 Å². The van der Waals surface area contributed by atoms with Gasteiger partial charge in [0.25, 0.3) is 5.91 Å². The Morgan fingerprint density at radius 1 is 1.00 bits per heavy atom. The van der Waals surface area contributed by atoms with E-state index in [0.29, 0.717) is 32.8 Å². The van der Waals surface area contributed by atoms with Crippen LogP contribution in [0.4, 0.5) is 0 Å². The van der Waals surface area contributed by atoms with Crippen molar-refractivity contribution < 1.29 is 23.8 Å². The number of hydrogen-bond donors (Lipinski definition) is 2. The molecular weight excluding hydrogens is 666 g/mol. The lowest BCUT2D eigenvalue weighted by molar-refractivity contribution is 0.0732. The highest BCUT2D eigenvalue weighted by atomic mass is 79.9. The van der Waals surface area contributed by atoms with Gasteiger partial charge in [-0.15, -0.1) is 0 Å². The van der Waals surface area contributed by atoms with Crippen LogP contribution in [-0.4, -0.2) is 29.9 Å². The van der Waals surface area contributed by atoms with Crippen molar-refractivity contribution >= 4 is 60.9 Å². The Morgan fingerprint density at radius 2 is 1.81 bits per heavy atom. The predicted octanol–water partition coefficient (Wildman–Crippen LogP) is 7.63. The number of aryl methyl sites for hydroxylation is 1. The Kier molecular flexibility index (Phi) is 7.82. The molecule has 0 saturated carbocycles. The first-order valence-electron chi connectivity index (χ1n) is 13.1. The van der Waals surface area contributed by atoms with Gasteiger partial charge in [0.15, 0.2) is 17.2 Å². The number of ether oxygens (including phenoxy) is 3. The van der Waals surface area contributed by atoms with Crippen molar-refractivity contribution in [3.63, 3.8) is 0 Å². The van der Waals surface area contributed by atoms with Crippen LogP contribution in [0.2, 0.25) is 0 Å². The lowest BCUT2D eigenvalue weighted by Gasteiger charge is -2.11. The number of halogens is 2. The maximum Gasteiger partial charge on any atom is 0.343 e. The van der Waals surface area contributed by atoms with Gasteiger partial charge in [-0.25, -0.2) is 10.2 Å². The molecule has 0 bridgehead atoms. The van der Waals surface area contributed by atoms with Crippen molar-refractivity contribution in [2.24, 2.45) is 5.10 Å². The number of hydrogen-bond acceptors (Lipinski definition) is 6. The molecule has 0 saturated heterocycles. The van der Waals surface area contributed by atoms with Gasteiger partial charge in [-0.3, -0.25) is 4.79 Å². The van der Waals surface area contributed by atoms with Crippen LogP contribution in [0.25, 0.3) is 22.0 Å². The average Bonchev–Trinajstić information content (AvgIpc) is 3.63. The first-order chi connectivity index (χ1) is 20.4. The summed E-state index contributed by atoms with van der Waals surface area (Å²) in [5.41, 5.74) is 7.54. The van der Waals surface area contributed by atoms with Crippen molar-refractivity contribution in [3.8, 4) is 28.4 Å². The molecule has 2 heterocycles. The van der Waals surface area contributed by atoms with E-state index in [9.17, 15) is 9.59 Å². The summed E-state index contributed by atoms with van der Waals surface area (Å²) in [5, 5.41) is 5.18. The summed E-state index contributed by atoms with van der Waals surface area (Å²) in [6.07, 6.45) is 2.24. The van der Waals surface area contributed by atoms with E-state index in [1.54, 1.807) is 30.3 Å². The number of hydrazone groups is 1. The molecule has 1 aromatic heterocycles. The minimum absolute atomic E-state index is 0.101. The third-order valence-corrected chi connectivity index (χ3v) is 7.85. The van der Waals surface area contributed by atoms with E-state index in [4.69, 9.17) is 14.2 Å². The number of nitrogens with one attached hydrogen (secondary N) is 2. The molecule has 6 rings (SSSR count). The molecule has 0 radical (unpaired) electrons. The van der Waals surface area contributed by atoms with Gasteiger partial charge in [0.2, 0.25) is 6.79 Å². The SMILES string of the molecule is CCc1cccc2c(-c3ccccc3)c(C(=O)NN=Cc3cc(Br)cc(Br)c3OC(=O)c3ccc4c(c3)OCO4)[nH]c12. The summed E-state index contributed by atoms with van der Waals surface area (Å²) in [6.45, 7) is 2.18. The van der Waals surface area contributed by atoms with E-state index in [-0.39, 0.29) is 12.5 Å². The largest absolute Gasteiger partial charge is 0.454 e. The molecular formula is C32H23Br2N3O5. The Bertz CT molecular complexity index is 1870. The number of amides is 1. The summed E-state index contributed by atoms with van der Waals surface area (Å²) in [5.74, 6) is 0.281. The fourth-order valence-corrected chi connectivity index (χ4v) is 6.16. The van der Waals surface area contributed by atoms with E-state index in [0.717, 1.165) is 38.5 Å². The Balaban J connectivity index is 1.29. The van der Waals surface area contributed by atoms with Gasteiger partial charge in [-0.05, 0) is 63.8 Å². The number of H-pyrrole nitrogens is 1.